The Bertz CT molecular complexity index is 887. The van der Waals surface area contributed by atoms with Crippen molar-refractivity contribution in [2.75, 3.05) is 39.5 Å². The number of benzene rings is 2. The Morgan fingerprint density at radius 2 is 1.88 bits per heavy atom. The van der Waals surface area contributed by atoms with E-state index in [-0.39, 0.29) is 5.91 Å². The van der Waals surface area contributed by atoms with Crippen molar-refractivity contribution in [1.29, 1.82) is 0 Å². The van der Waals surface area contributed by atoms with Crippen LogP contribution in [0.15, 0.2) is 48.5 Å². The third-order valence-electron chi connectivity index (χ3n) is 5.79. The third kappa shape index (κ3) is 5.81. The van der Waals surface area contributed by atoms with Crippen LogP contribution in [0.4, 0.5) is 0 Å². The van der Waals surface area contributed by atoms with Gasteiger partial charge < -0.3 is 19.1 Å². The Labute approximate surface area is 191 Å². The van der Waals surface area contributed by atoms with E-state index in [1.165, 1.54) is 5.56 Å². The van der Waals surface area contributed by atoms with E-state index in [1.54, 1.807) is 0 Å². The van der Waals surface area contributed by atoms with Crippen molar-refractivity contribution in [2.45, 2.75) is 39.5 Å². The number of rotatable bonds is 7. The van der Waals surface area contributed by atoms with Crippen LogP contribution in [0.1, 0.15) is 31.4 Å². The largest absolute Gasteiger partial charge is 0.490 e. The molecular weight excluding hydrogens is 404 g/mol. The van der Waals surface area contributed by atoms with Crippen molar-refractivity contribution in [3.63, 3.8) is 0 Å². The van der Waals surface area contributed by atoms with E-state index in [2.05, 4.69) is 43.0 Å². The summed E-state index contributed by atoms with van der Waals surface area (Å²) in [7, 11) is 0. The summed E-state index contributed by atoms with van der Waals surface area (Å²) >= 11 is 0. The van der Waals surface area contributed by atoms with Crippen molar-refractivity contribution in [3.05, 3.63) is 59.7 Å². The van der Waals surface area contributed by atoms with Gasteiger partial charge >= 0.3 is 0 Å². The highest BCUT2D eigenvalue weighted by Gasteiger charge is 2.31. The highest BCUT2D eigenvalue weighted by molar-refractivity contribution is 5.81. The fourth-order valence-electron chi connectivity index (χ4n) is 4.30. The van der Waals surface area contributed by atoms with Crippen LogP contribution in [0, 0.1) is 5.92 Å². The van der Waals surface area contributed by atoms with Gasteiger partial charge in [0.25, 0.3) is 5.91 Å². The second-order valence-corrected chi connectivity index (χ2v) is 8.99. The van der Waals surface area contributed by atoms with Crippen LogP contribution >= 0.6 is 0 Å². The standard InChI is InChI=1S/C26H34N2O4/c1-20(2)16-28(18-22-10-6-11-23-25(22)32-14-7-13-30-23)26(29)24-19-27(12-15-31-24)17-21-8-4-3-5-9-21/h3-6,8-11,20,24H,7,12-19H2,1-2H3. The van der Waals surface area contributed by atoms with Gasteiger partial charge in [-0.1, -0.05) is 56.3 Å². The van der Waals surface area contributed by atoms with Crippen LogP contribution in [-0.2, 0) is 22.6 Å². The zero-order valence-electron chi connectivity index (χ0n) is 19.2. The molecule has 2 aliphatic rings. The fraction of sp³-hybridized carbons (Fsp3) is 0.500. The topological polar surface area (TPSA) is 51.2 Å². The van der Waals surface area contributed by atoms with Crippen molar-refractivity contribution >= 4 is 5.91 Å². The molecule has 2 aromatic rings. The van der Waals surface area contributed by atoms with E-state index >= 15 is 0 Å². The number of hydrogen-bond acceptors (Lipinski definition) is 5. The monoisotopic (exact) mass is 438 g/mol. The second-order valence-electron chi connectivity index (χ2n) is 8.99. The predicted molar refractivity (Wildman–Crippen MR) is 124 cm³/mol. The van der Waals surface area contributed by atoms with Crippen molar-refractivity contribution in [2.24, 2.45) is 5.92 Å². The Hall–Kier alpha value is -2.57. The Balaban J connectivity index is 1.47. The van der Waals surface area contributed by atoms with Gasteiger partial charge in [-0.05, 0) is 17.5 Å². The lowest BCUT2D eigenvalue weighted by molar-refractivity contribution is -0.151. The number of carbonyl (C=O) groups is 1. The molecule has 1 atom stereocenters. The molecule has 0 aromatic heterocycles. The van der Waals surface area contributed by atoms with Gasteiger partial charge in [0, 0.05) is 44.7 Å². The molecule has 1 unspecified atom stereocenters. The third-order valence-corrected chi connectivity index (χ3v) is 5.79. The average Bonchev–Trinajstić information content (AvgIpc) is 3.05. The highest BCUT2D eigenvalue weighted by atomic mass is 16.5. The van der Waals surface area contributed by atoms with E-state index in [9.17, 15) is 4.79 Å². The fourth-order valence-corrected chi connectivity index (χ4v) is 4.30. The maximum Gasteiger partial charge on any atom is 0.253 e. The van der Waals surface area contributed by atoms with Gasteiger partial charge in [-0.15, -0.1) is 0 Å². The molecule has 32 heavy (non-hydrogen) atoms. The zero-order valence-corrected chi connectivity index (χ0v) is 19.2. The van der Waals surface area contributed by atoms with Crippen LogP contribution in [0.5, 0.6) is 11.5 Å². The molecule has 1 saturated heterocycles. The van der Waals surface area contributed by atoms with E-state index in [0.717, 1.165) is 36.6 Å². The minimum Gasteiger partial charge on any atom is -0.490 e. The van der Waals surface area contributed by atoms with Gasteiger partial charge in [-0.2, -0.15) is 0 Å². The summed E-state index contributed by atoms with van der Waals surface area (Å²) in [6.45, 7) is 9.54. The number of fused-ring (bicyclic) bond motifs is 1. The smallest absolute Gasteiger partial charge is 0.253 e. The first kappa shape index (κ1) is 22.6. The molecule has 0 saturated carbocycles. The van der Waals surface area contributed by atoms with Gasteiger partial charge in [0.1, 0.15) is 6.10 Å². The Morgan fingerprint density at radius 1 is 1.06 bits per heavy atom. The lowest BCUT2D eigenvalue weighted by Gasteiger charge is -2.35. The lowest BCUT2D eigenvalue weighted by atomic mass is 10.1. The van der Waals surface area contributed by atoms with E-state index in [4.69, 9.17) is 14.2 Å². The van der Waals surface area contributed by atoms with Crippen LogP contribution in [0.25, 0.3) is 0 Å². The van der Waals surface area contributed by atoms with Gasteiger partial charge in [0.15, 0.2) is 11.5 Å². The maximum atomic E-state index is 13.6. The minimum atomic E-state index is -0.453. The number of para-hydroxylation sites is 1. The first-order chi connectivity index (χ1) is 15.6. The second kappa shape index (κ2) is 10.8. The molecule has 0 aliphatic carbocycles. The summed E-state index contributed by atoms with van der Waals surface area (Å²) < 4.78 is 17.8. The van der Waals surface area contributed by atoms with Crippen LogP contribution in [-0.4, -0.2) is 61.3 Å². The van der Waals surface area contributed by atoms with E-state index in [0.29, 0.717) is 45.4 Å². The minimum absolute atomic E-state index is 0.0450. The normalized spacial score (nSPS) is 18.9. The van der Waals surface area contributed by atoms with Crippen LogP contribution in [0.3, 0.4) is 0 Å². The van der Waals surface area contributed by atoms with Gasteiger partial charge in [-0.3, -0.25) is 9.69 Å². The van der Waals surface area contributed by atoms with Crippen molar-refractivity contribution < 1.29 is 19.0 Å². The summed E-state index contributed by atoms with van der Waals surface area (Å²) in [5.41, 5.74) is 2.24. The Morgan fingerprint density at radius 3 is 2.69 bits per heavy atom. The first-order valence-corrected chi connectivity index (χ1v) is 11.6. The molecule has 6 nitrogen and oxygen atoms in total. The molecule has 0 N–H and O–H groups in total. The number of amides is 1. The van der Waals surface area contributed by atoms with Crippen molar-refractivity contribution in [1.82, 2.24) is 9.80 Å². The number of ether oxygens (including phenoxy) is 3. The molecular formula is C26H34N2O4. The predicted octanol–water partition coefficient (Wildman–Crippen LogP) is 3.73. The molecule has 2 aromatic carbocycles. The molecule has 172 valence electrons. The van der Waals surface area contributed by atoms with Crippen LogP contribution < -0.4 is 9.47 Å². The molecule has 0 spiro atoms. The summed E-state index contributed by atoms with van der Waals surface area (Å²) in [6, 6.07) is 16.3. The number of morpholine rings is 1. The molecule has 1 amide bonds. The summed E-state index contributed by atoms with van der Waals surface area (Å²) in [5.74, 6) is 1.92. The molecule has 4 rings (SSSR count). The Kier molecular flexibility index (Phi) is 7.66. The van der Waals surface area contributed by atoms with Crippen LogP contribution in [0.2, 0.25) is 0 Å². The quantitative estimate of drug-likeness (QED) is 0.659. The number of hydrogen-bond donors (Lipinski definition) is 0. The number of carbonyl (C=O) groups excluding carboxylic acids is 1. The molecule has 1 fully saturated rings. The molecule has 0 bridgehead atoms. The van der Waals surface area contributed by atoms with E-state index < -0.39 is 6.10 Å². The summed E-state index contributed by atoms with van der Waals surface area (Å²) in [4.78, 5) is 17.8. The van der Waals surface area contributed by atoms with Crippen molar-refractivity contribution in [3.8, 4) is 11.5 Å². The molecule has 0 radical (unpaired) electrons. The maximum absolute atomic E-state index is 13.6. The molecule has 2 heterocycles. The molecule has 6 heteroatoms. The highest BCUT2D eigenvalue weighted by Crippen LogP contribution is 2.34. The summed E-state index contributed by atoms with van der Waals surface area (Å²) in [6.07, 6.45) is 0.404. The lowest BCUT2D eigenvalue weighted by Crippen LogP contribution is -2.51. The summed E-state index contributed by atoms with van der Waals surface area (Å²) in [5, 5.41) is 0. The zero-order chi connectivity index (χ0) is 22.3. The average molecular weight is 439 g/mol. The molecule has 2 aliphatic heterocycles. The number of nitrogens with zero attached hydrogens (tertiary/aromatic N) is 2. The van der Waals surface area contributed by atoms with Gasteiger partial charge in [-0.25, -0.2) is 0 Å². The first-order valence-electron chi connectivity index (χ1n) is 11.6. The van der Waals surface area contributed by atoms with E-state index in [1.807, 2.05) is 29.2 Å². The SMILES string of the molecule is CC(C)CN(Cc1cccc2c1OCCCO2)C(=O)C1CN(Cc2ccccc2)CCO1. The van der Waals surface area contributed by atoms with Gasteiger partial charge in [0.05, 0.1) is 19.8 Å². The van der Waals surface area contributed by atoms with Gasteiger partial charge in [0.2, 0.25) is 0 Å².